The minimum atomic E-state index is -0.124. The van der Waals surface area contributed by atoms with Gasteiger partial charge in [-0.2, -0.15) is 0 Å². The molecule has 1 heterocycles. The number of Topliss-reactive ketones (excluding diaryl/α,β-unsaturated/α-hetero) is 1. The summed E-state index contributed by atoms with van der Waals surface area (Å²) >= 11 is 0. The van der Waals surface area contributed by atoms with Gasteiger partial charge in [-0.3, -0.25) is 9.59 Å². The van der Waals surface area contributed by atoms with Crippen molar-refractivity contribution in [1.29, 1.82) is 0 Å². The van der Waals surface area contributed by atoms with E-state index in [0.29, 0.717) is 18.1 Å². The van der Waals surface area contributed by atoms with Crippen molar-refractivity contribution in [3.05, 3.63) is 11.3 Å². The predicted molar refractivity (Wildman–Crippen MR) is 59.5 cm³/mol. The molecular weight excluding hydrogens is 202 g/mol. The van der Waals surface area contributed by atoms with Gasteiger partial charge in [0.25, 0.3) is 0 Å². The minimum Gasteiger partial charge on any atom is -0.330 e. The van der Waals surface area contributed by atoms with Crippen molar-refractivity contribution < 1.29 is 9.59 Å². The van der Waals surface area contributed by atoms with Crippen LogP contribution in [0.3, 0.4) is 0 Å². The molecule has 2 atom stereocenters. The van der Waals surface area contributed by atoms with Gasteiger partial charge >= 0.3 is 0 Å². The molecule has 0 aromatic rings. The summed E-state index contributed by atoms with van der Waals surface area (Å²) < 4.78 is 0. The van der Waals surface area contributed by atoms with E-state index < -0.39 is 0 Å². The first-order chi connectivity index (χ1) is 7.61. The largest absolute Gasteiger partial charge is 0.330 e. The minimum absolute atomic E-state index is 0.124. The topological polar surface area (TPSA) is 46.2 Å². The van der Waals surface area contributed by atoms with Crippen LogP contribution in [0.1, 0.15) is 45.4 Å². The highest BCUT2D eigenvalue weighted by Gasteiger charge is 2.50. The van der Waals surface area contributed by atoms with E-state index in [1.165, 1.54) is 5.57 Å². The van der Waals surface area contributed by atoms with Crippen LogP contribution in [-0.2, 0) is 9.59 Å². The number of hydrogen-bond donors (Lipinski definition) is 1. The zero-order valence-electron chi connectivity index (χ0n) is 9.64. The molecule has 0 aromatic heterocycles. The molecule has 86 valence electrons. The molecule has 3 aliphatic rings. The number of allylic oxidation sites excluding steroid dienone is 2. The Hall–Kier alpha value is -1.12. The number of ketones is 1. The molecule has 1 amide bonds. The van der Waals surface area contributed by atoms with E-state index in [1.54, 1.807) is 0 Å². The number of hydrogen-bond acceptors (Lipinski definition) is 2. The Morgan fingerprint density at radius 2 is 2.00 bits per heavy atom. The first kappa shape index (κ1) is 10.1. The van der Waals surface area contributed by atoms with Gasteiger partial charge in [0.05, 0.1) is 0 Å². The van der Waals surface area contributed by atoms with Crippen LogP contribution in [0.15, 0.2) is 11.3 Å². The van der Waals surface area contributed by atoms with Crippen LogP contribution in [0.4, 0.5) is 0 Å². The van der Waals surface area contributed by atoms with Crippen LogP contribution in [0.25, 0.3) is 0 Å². The Kier molecular flexibility index (Phi) is 2.00. The zero-order chi connectivity index (χ0) is 11.3. The number of rotatable bonds is 0. The fourth-order valence-electron chi connectivity index (χ4n) is 3.65. The third-order valence-electron chi connectivity index (χ3n) is 4.68. The van der Waals surface area contributed by atoms with Gasteiger partial charge in [-0.25, -0.2) is 0 Å². The summed E-state index contributed by atoms with van der Waals surface area (Å²) in [5.74, 6) is 0.983. The summed E-state index contributed by atoms with van der Waals surface area (Å²) in [4.78, 5) is 23.3. The quantitative estimate of drug-likeness (QED) is 0.676. The first-order valence-electron chi connectivity index (χ1n) is 6.16. The van der Waals surface area contributed by atoms with Crippen molar-refractivity contribution in [1.82, 2.24) is 5.32 Å². The lowest BCUT2D eigenvalue weighted by Gasteiger charge is -2.40. The molecule has 3 rings (SSSR count). The third kappa shape index (κ3) is 1.20. The summed E-state index contributed by atoms with van der Waals surface area (Å²) in [6.07, 6.45) is 4.97. The third-order valence-corrected chi connectivity index (χ3v) is 4.68. The molecule has 0 radical (unpaired) electrons. The summed E-state index contributed by atoms with van der Waals surface area (Å²) in [6, 6.07) is 0. The molecule has 16 heavy (non-hydrogen) atoms. The Bertz CT molecular complexity index is 410. The highest BCUT2D eigenvalue weighted by atomic mass is 16.1. The average Bonchev–Trinajstić information content (AvgIpc) is 2.56. The number of fused-ring (bicyclic) bond motifs is 2. The number of carbonyl (C=O) groups excluding carboxylic acids is 2. The molecule has 0 bridgehead atoms. The normalized spacial score (nSPS) is 38.2. The van der Waals surface area contributed by atoms with Crippen molar-refractivity contribution in [3.8, 4) is 0 Å². The molecule has 1 N–H and O–H groups in total. The second-order valence-corrected chi connectivity index (χ2v) is 5.48. The second-order valence-electron chi connectivity index (χ2n) is 5.48. The molecule has 0 spiro atoms. The number of carbonyl (C=O) groups is 2. The highest BCUT2D eigenvalue weighted by Crippen LogP contribution is 2.53. The van der Waals surface area contributed by atoms with Gasteiger partial charge in [0.1, 0.15) is 5.78 Å². The maximum atomic E-state index is 12.0. The Labute approximate surface area is 95.3 Å². The van der Waals surface area contributed by atoms with E-state index in [0.717, 1.165) is 37.8 Å². The van der Waals surface area contributed by atoms with Gasteiger partial charge in [-0.1, -0.05) is 6.92 Å². The Morgan fingerprint density at radius 3 is 2.81 bits per heavy atom. The first-order valence-corrected chi connectivity index (χ1v) is 6.16. The smallest absolute Gasteiger partial charge is 0.224 e. The van der Waals surface area contributed by atoms with Crippen molar-refractivity contribution in [2.75, 3.05) is 0 Å². The SMILES string of the molecule is C[C@]12CCC3=C(CCC(=O)N3)[C@@H]1CCC2=O. The van der Waals surface area contributed by atoms with Crippen LogP contribution >= 0.6 is 0 Å². The summed E-state index contributed by atoms with van der Waals surface area (Å²) in [6.45, 7) is 2.12. The van der Waals surface area contributed by atoms with Crippen molar-refractivity contribution >= 4 is 11.7 Å². The Balaban J connectivity index is 2.00. The molecule has 3 nitrogen and oxygen atoms in total. The molecular formula is C13H17NO2. The second kappa shape index (κ2) is 3.19. The molecule has 1 saturated carbocycles. The van der Waals surface area contributed by atoms with Crippen LogP contribution in [0.2, 0.25) is 0 Å². The fraction of sp³-hybridized carbons (Fsp3) is 0.692. The standard InChI is InChI=1S/C13H17NO2/c1-13-7-6-10-8(2-5-12(16)14-10)9(13)3-4-11(13)15/h9H,2-7H2,1H3,(H,14,16)/t9-,13-/m0/s1. The molecule has 3 heteroatoms. The maximum Gasteiger partial charge on any atom is 0.224 e. The molecule has 0 aromatic carbocycles. The molecule has 0 unspecified atom stereocenters. The van der Waals surface area contributed by atoms with Gasteiger partial charge < -0.3 is 5.32 Å². The van der Waals surface area contributed by atoms with Crippen molar-refractivity contribution in [2.45, 2.75) is 45.4 Å². The highest BCUT2D eigenvalue weighted by molar-refractivity contribution is 5.88. The van der Waals surface area contributed by atoms with E-state index in [1.807, 2.05) is 0 Å². The predicted octanol–water partition coefficient (Wildman–Crippen LogP) is 1.93. The van der Waals surface area contributed by atoms with Gasteiger partial charge in [-0.15, -0.1) is 0 Å². The lowest BCUT2D eigenvalue weighted by Crippen LogP contribution is -2.40. The van der Waals surface area contributed by atoms with Gasteiger partial charge in [0.15, 0.2) is 0 Å². The lowest BCUT2D eigenvalue weighted by molar-refractivity contribution is -0.126. The zero-order valence-corrected chi connectivity index (χ0v) is 9.64. The molecule has 2 aliphatic carbocycles. The summed E-state index contributed by atoms with van der Waals surface area (Å²) in [5, 5.41) is 2.99. The van der Waals surface area contributed by atoms with Gasteiger partial charge in [0, 0.05) is 24.0 Å². The van der Waals surface area contributed by atoms with E-state index in [9.17, 15) is 9.59 Å². The van der Waals surface area contributed by atoms with Crippen LogP contribution < -0.4 is 5.32 Å². The van der Waals surface area contributed by atoms with Gasteiger partial charge in [-0.05, 0) is 37.2 Å². The molecule has 0 saturated heterocycles. The van der Waals surface area contributed by atoms with E-state index in [4.69, 9.17) is 0 Å². The van der Waals surface area contributed by atoms with Crippen molar-refractivity contribution in [2.24, 2.45) is 11.3 Å². The monoisotopic (exact) mass is 219 g/mol. The molecule has 1 aliphatic heterocycles. The van der Waals surface area contributed by atoms with Gasteiger partial charge in [0.2, 0.25) is 5.91 Å². The van der Waals surface area contributed by atoms with E-state index >= 15 is 0 Å². The average molecular weight is 219 g/mol. The summed E-state index contributed by atoms with van der Waals surface area (Å²) in [7, 11) is 0. The van der Waals surface area contributed by atoms with E-state index in [-0.39, 0.29) is 11.3 Å². The fourth-order valence-corrected chi connectivity index (χ4v) is 3.65. The number of amides is 1. The molecule has 1 fully saturated rings. The number of nitrogens with one attached hydrogen (secondary N) is 1. The lowest BCUT2D eigenvalue weighted by atomic mass is 9.66. The van der Waals surface area contributed by atoms with Crippen LogP contribution in [0.5, 0.6) is 0 Å². The van der Waals surface area contributed by atoms with Crippen molar-refractivity contribution in [3.63, 3.8) is 0 Å². The van der Waals surface area contributed by atoms with Crippen LogP contribution in [0, 0.1) is 11.3 Å². The maximum absolute atomic E-state index is 12.0. The van der Waals surface area contributed by atoms with Crippen LogP contribution in [-0.4, -0.2) is 11.7 Å². The summed E-state index contributed by atoms with van der Waals surface area (Å²) in [5.41, 5.74) is 2.38. The Morgan fingerprint density at radius 1 is 1.19 bits per heavy atom. The van der Waals surface area contributed by atoms with E-state index in [2.05, 4.69) is 12.2 Å².